The molecule has 2 aromatic rings. The highest BCUT2D eigenvalue weighted by Gasteiger charge is 2.33. The number of hydrogen-bond donors (Lipinski definition) is 2. The molecule has 27 heavy (non-hydrogen) atoms. The van der Waals surface area contributed by atoms with Crippen LogP contribution in [-0.2, 0) is 10.0 Å². The first-order valence-corrected chi connectivity index (χ1v) is 10.8. The van der Waals surface area contributed by atoms with Gasteiger partial charge < -0.3 is 0 Å². The second-order valence-electron chi connectivity index (χ2n) is 8.18. The number of sulfonamides is 1. The minimum Gasteiger partial charge on any atom is -0.282 e. The lowest BCUT2D eigenvalue weighted by molar-refractivity contribution is 0.367. The fourth-order valence-electron chi connectivity index (χ4n) is 3.33. The molecule has 0 bridgehead atoms. The number of nitrogens with zero attached hydrogens (tertiary/aromatic N) is 2. The van der Waals surface area contributed by atoms with E-state index in [0.29, 0.717) is 11.5 Å². The van der Waals surface area contributed by atoms with Gasteiger partial charge in [-0.1, -0.05) is 12.1 Å². The minimum atomic E-state index is -3.31. The van der Waals surface area contributed by atoms with E-state index in [-0.39, 0.29) is 6.04 Å². The molecule has 1 heterocycles. The highest BCUT2D eigenvalue weighted by molar-refractivity contribution is 7.90. The first-order valence-electron chi connectivity index (χ1n) is 9.27. The maximum atomic E-state index is 12.3. The summed E-state index contributed by atoms with van der Waals surface area (Å²) in [6.45, 7) is 5.16. The van der Waals surface area contributed by atoms with E-state index in [0.717, 1.165) is 42.6 Å². The van der Waals surface area contributed by atoms with E-state index >= 15 is 0 Å². The molecule has 1 aromatic heterocycles. The van der Waals surface area contributed by atoms with Crippen molar-refractivity contribution in [2.45, 2.75) is 63.2 Å². The largest absolute Gasteiger partial charge is 0.282 e. The predicted molar refractivity (Wildman–Crippen MR) is 106 cm³/mol. The summed E-state index contributed by atoms with van der Waals surface area (Å²) in [6, 6.07) is 11.6. The zero-order valence-electron chi connectivity index (χ0n) is 16.0. The Morgan fingerprint density at radius 2 is 1.78 bits per heavy atom. The summed E-state index contributed by atoms with van der Waals surface area (Å²) in [5.74, 6) is 0.361. The minimum absolute atomic E-state index is 0.00592. The van der Waals surface area contributed by atoms with Crippen LogP contribution < -0.4 is 4.72 Å². The Labute approximate surface area is 161 Å². The zero-order chi connectivity index (χ0) is 19.7. The van der Waals surface area contributed by atoms with Gasteiger partial charge in [0.25, 0.3) is 0 Å². The third-order valence-electron chi connectivity index (χ3n) is 5.20. The quantitative estimate of drug-likeness (QED) is 0.837. The molecular weight excluding hydrogens is 360 g/mol. The lowest BCUT2D eigenvalue weighted by Gasteiger charge is -2.30. The fourth-order valence-corrected chi connectivity index (χ4v) is 4.36. The van der Waals surface area contributed by atoms with Gasteiger partial charge in [-0.15, -0.1) is 0 Å². The summed E-state index contributed by atoms with van der Waals surface area (Å²) < 4.78 is 26.7. The van der Waals surface area contributed by atoms with E-state index in [1.165, 1.54) is 0 Å². The molecular formula is C20H26N4O2S. The normalized spacial score (nSPS) is 21.0. The van der Waals surface area contributed by atoms with E-state index in [9.17, 15) is 8.42 Å². The lowest BCUT2D eigenvalue weighted by Crippen LogP contribution is -2.45. The number of aromatic amines is 1. The van der Waals surface area contributed by atoms with Crippen LogP contribution in [0.3, 0.4) is 0 Å². The number of hydrogen-bond acceptors (Lipinski definition) is 4. The maximum Gasteiger partial charge on any atom is 0.216 e. The van der Waals surface area contributed by atoms with Crippen molar-refractivity contribution in [1.82, 2.24) is 14.9 Å². The number of nitriles is 1. The number of H-pyrrole nitrogens is 1. The Hall–Kier alpha value is -2.17. The lowest BCUT2D eigenvalue weighted by atomic mass is 9.84. The van der Waals surface area contributed by atoms with Gasteiger partial charge in [-0.3, -0.25) is 5.10 Å². The van der Waals surface area contributed by atoms with Crippen molar-refractivity contribution >= 4 is 10.0 Å². The Morgan fingerprint density at radius 1 is 1.15 bits per heavy atom. The van der Waals surface area contributed by atoms with Gasteiger partial charge in [-0.25, -0.2) is 13.1 Å². The Morgan fingerprint density at radius 3 is 2.33 bits per heavy atom. The SMILES string of the molecule is CC(C)(C)S(=O)(=O)NC1CCC(c2cc(-c3ccc(C#N)cc3)n[nH]2)CC1. The van der Waals surface area contributed by atoms with E-state index < -0.39 is 14.8 Å². The van der Waals surface area contributed by atoms with Crippen LogP contribution in [-0.4, -0.2) is 29.4 Å². The van der Waals surface area contributed by atoms with E-state index in [4.69, 9.17) is 5.26 Å². The molecule has 1 aromatic carbocycles. The average Bonchev–Trinajstić information content (AvgIpc) is 3.11. The van der Waals surface area contributed by atoms with Gasteiger partial charge >= 0.3 is 0 Å². The van der Waals surface area contributed by atoms with Gasteiger partial charge in [-0.05, 0) is 64.7 Å². The second-order valence-corrected chi connectivity index (χ2v) is 10.6. The number of benzene rings is 1. The van der Waals surface area contributed by atoms with Crippen LogP contribution in [0.25, 0.3) is 11.3 Å². The van der Waals surface area contributed by atoms with E-state index in [2.05, 4.69) is 27.1 Å². The van der Waals surface area contributed by atoms with Crippen molar-refractivity contribution in [2.75, 3.05) is 0 Å². The summed E-state index contributed by atoms with van der Waals surface area (Å²) in [6.07, 6.45) is 3.50. The smallest absolute Gasteiger partial charge is 0.216 e. The van der Waals surface area contributed by atoms with Crippen molar-refractivity contribution in [3.63, 3.8) is 0 Å². The van der Waals surface area contributed by atoms with Crippen LogP contribution in [0.15, 0.2) is 30.3 Å². The molecule has 0 unspecified atom stereocenters. The third kappa shape index (κ3) is 4.40. The van der Waals surface area contributed by atoms with Crippen molar-refractivity contribution in [2.24, 2.45) is 0 Å². The van der Waals surface area contributed by atoms with Crippen LogP contribution in [0, 0.1) is 11.3 Å². The van der Waals surface area contributed by atoms with Crippen LogP contribution in [0.5, 0.6) is 0 Å². The summed E-state index contributed by atoms with van der Waals surface area (Å²) in [5.41, 5.74) is 3.56. The van der Waals surface area contributed by atoms with Crippen LogP contribution >= 0.6 is 0 Å². The predicted octanol–water partition coefficient (Wildman–Crippen LogP) is 3.69. The van der Waals surface area contributed by atoms with Gasteiger partial charge in [0.1, 0.15) is 0 Å². The molecule has 1 fully saturated rings. The van der Waals surface area contributed by atoms with Crippen LogP contribution in [0.4, 0.5) is 0 Å². The average molecular weight is 387 g/mol. The molecule has 0 saturated heterocycles. The fraction of sp³-hybridized carbons (Fsp3) is 0.500. The first kappa shape index (κ1) is 19.6. The summed E-state index contributed by atoms with van der Waals surface area (Å²) in [7, 11) is -3.31. The summed E-state index contributed by atoms with van der Waals surface area (Å²) in [4.78, 5) is 0. The Bertz CT molecular complexity index is 926. The molecule has 2 N–H and O–H groups in total. The molecule has 0 amide bonds. The van der Waals surface area contributed by atoms with Gasteiger partial charge in [0.2, 0.25) is 10.0 Å². The Kier molecular flexibility index (Phi) is 5.41. The van der Waals surface area contributed by atoms with Crippen LogP contribution in [0.1, 0.15) is 63.6 Å². The first-order chi connectivity index (χ1) is 12.7. The molecule has 1 aliphatic carbocycles. The van der Waals surface area contributed by atoms with Crippen molar-refractivity contribution < 1.29 is 8.42 Å². The van der Waals surface area contributed by atoms with Gasteiger partial charge in [-0.2, -0.15) is 10.4 Å². The highest BCUT2D eigenvalue weighted by Crippen LogP contribution is 2.34. The van der Waals surface area contributed by atoms with Gasteiger partial charge in [0.15, 0.2) is 0 Å². The van der Waals surface area contributed by atoms with Crippen LogP contribution in [0.2, 0.25) is 0 Å². The standard InChI is InChI=1S/C20H26N4O2S/c1-20(2,3)27(25,26)24-17-10-8-16(9-11-17)19-12-18(22-23-19)15-6-4-14(13-21)5-7-15/h4-7,12,16-17,24H,8-11H2,1-3H3,(H,22,23). The van der Waals surface area contributed by atoms with E-state index in [1.54, 1.807) is 32.9 Å². The molecule has 6 nitrogen and oxygen atoms in total. The highest BCUT2D eigenvalue weighted by atomic mass is 32.2. The van der Waals surface area contributed by atoms with Crippen molar-refractivity contribution in [3.05, 3.63) is 41.6 Å². The molecule has 0 radical (unpaired) electrons. The molecule has 144 valence electrons. The van der Waals surface area contributed by atoms with Gasteiger partial charge in [0.05, 0.1) is 22.1 Å². The third-order valence-corrected chi connectivity index (χ3v) is 7.46. The molecule has 7 heteroatoms. The molecule has 0 aliphatic heterocycles. The van der Waals surface area contributed by atoms with Crippen molar-refractivity contribution in [1.29, 1.82) is 5.26 Å². The maximum absolute atomic E-state index is 12.3. The Balaban J connectivity index is 1.62. The topological polar surface area (TPSA) is 98.6 Å². The number of aromatic nitrogens is 2. The zero-order valence-corrected chi connectivity index (χ0v) is 16.8. The molecule has 0 atom stereocenters. The number of rotatable bonds is 4. The monoisotopic (exact) mass is 386 g/mol. The molecule has 0 spiro atoms. The van der Waals surface area contributed by atoms with Gasteiger partial charge in [0, 0.05) is 23.2 Å². The molecule has 3 rings (SSSR count). The summed E-state index contributed by atoms with van der Waals surface area (Å²) in [5, 5.41) is 16.4. The summed E-state index contributed by atoms with van der Waals surface area (Å²) >= 11 is 0. The molecule has 1 saturated carbocycles. The second kappa shape index (κ2) is 7.45. The number of nitrogens with one attached hydrogen (secondary N) is 2. The molecule has 1 aliphatic rings. The van der Waals surface area contributed by atoms with E-state index in [1.807, 2.05) is 12.1 Å². The van der Waals surface area contributed by atoms with Crippen molar-refractivity contribution in [3.8, 4) is 17.3 Å².